The fourth-order valence-electron chi connectivity index (χ4n) is 2.55. The van der Waals surface area contributed by atoms with Gasteiger partial charge in [0.1, 0.15) is 5.82 Å². The monoisotopic (exact) mass is 279 g/mol. The largest absolute Gasteiger partial charge is 0.383 e. The summed E-state index contributed by atoms with van der Waals surface area (Å²) in [4.78, 5) is 9.44. The molecule has 1 aromatic heterocycles. The zero-order valence-electron chi connectivity index (χ0n) is 12.7. The van der Waals surface area contributed by atoms with Crippen molar-refractivity contribution < 1.29 is 9.47 Å². The summed E-state index contributed by atoms with van der Waals surface area (Å²) in [6.07, 6.45) is 2.06. The second-order valence-electron chi connectivity index (χ2n) is 5.29. The van der Waals surface area contributed by atoms with Crippen LogP contribution in [0.4, 0.5) is 0 Å². The molecule has 0 atom stereocenters. The molecule has 112 valence electrons. The molecule has 1 saturated heterocycles. The molecule has 0 radical (unpaired) electrons. The number of methoxy groups -OCH3 is 1. The van der Waals surface area contributed by atoms with E-state index in [-0.39, 0.29) is 0 Å². The summed E-state index contributed by atoms with van der Waals surface area (Å²) in [6, 6.07) is 0. The van der Waals surface area contributed by atoms with Gasteiger partial charge in [0.2, 0.25) is 0 Å². The normalized spacial score (nSPS) is 16.6. The number of hydrogen-bond donors (Lipinski definition) is 1. The highest BCUT2D eigenvalue weighted by Gasteiger charge is 2.20. The van der Waals surface area contributed by atoms with E-state index < -0.39 is 0 Å². The maximum absolute atomic E-state index is 5.40. The Morgan fingerprint density at radius 3 is 2.45 bits per heavy atom. The van der Waals surface area contributed by atoms with Crippen LogP contribution in [-0.2, 0) is 16.0 Å². The smallest absolute Gasteiger partial charge is 0.132 e. The van der Waals surface area contributed by atoms with Crippen molar-refractivity contribution in [3.05, 3.63) is 22.8 Å². The van der Waals surface area contributed by atoms with Crippen molar-refractivity contribution in [1.82, 2.24) is 15.3 Å². The van der Waals surface area contributed by atoms with Crippen molar-refractivity contribution in [3.8, 4) is 0 Å². The third-order valence-electron chi connectivity index (χ3n) is 3.81. The molecule has 1 aliphatic rings. The lowest BCUT2D eigenvalue weighted by Crippen LogP contribution is -2.22. The molecular formula is C15H25N3O2. The van der Waals surface area contributed by atoms with Crippen LogP contribution >= 0.6 is 0 Å². The van der Waals surface area contributed by atoms with Crippen LogP contribution in [0, 0.1) is 13.8 Å². The van der Waals surface area contributed by atoms with Gasteiger partial charge in [-0.2, -0.15) is 0 Å². The van der Waals surface area contributed by atoms with E-state index in [4.69, 9.17) is 19.4 Å². The summed E-state index contributed by atoms with van der Waals surface area (Å²) in [7, 11) is 1.71. The quantitative estimate of drug-likeness (QED) is 0.804. The molecule has 0 aromatic carbocycles. The minimum absolute atomic E-state index is 0.455. The number of aromatic nitrogens is 2. The van der Waals surface area contributed by atoms with Crippen molar-refractivity contribution in [2.45, 2.75) is 39.2 Å². The number of hydrogen-bond acceptors (Lipinski definition) is 5. The molecule has 0 unspecified atom stereocenters. The van der Waals surface area contributed by atoms with Crippen LogP contribution < -0.4 is 5.32 Å². The number of ether oxygens (including phenoxy) is 2. The molecule has 2 rings (SSSR count). The molecule has 0 amide bonds. The summed E-state index contributed by atoms with van der Waals surface area (Å²) < 4.78 is 10.4. The molecule has 0 aliphatic carbocycles. The SMILES string of the molecule is COCCNCc1c(C)nc(C2CCOCC2)nc1C. The second kappa shape index (κ2) is 7.67. The Labute approximate surface area is 121 Å². The standard InChI is InChI=1S/C15H25N3O2/c1-11-14(10-16-6-9-19-3)12(2)18-15(17-11)13-4-7-20-8-5-13/h13,16H,4-10H2,1-3H3. The third-order valence-corrected chi connectivity index (χ3v) is 3.81. The van der Waals surface area contributed by atoms with Crippen molar-refractivity contribution in [3.63, 3.8) is 0 Å². The van der Waals surface area contributed by atoms with Crippen LogP contribution in [0.1, 0.15) is 41.5 Å². The molecule has 0 bridgehead atoms. The minimum atomic E-state index is 0.455. The van der Waals surface area contributed by atoms with E-state index in [9.17, 15) is 0 Å². The third kappa shape index (κ3) is 3.98. The van der Waals surface area contributed by atoms with E-state index in [0.29, 0.717) is 5.92 Å². The molecule has 2 heterocycles. The summed E-state index contributed by atoms with van der Waals surface area (Å²) in [5.41, 5.74) is 3.38. The van der Waals surface area contributed by atoms with E-state index in [1.54, 1.807) is 7.11 Å². The van der Waals surface area contributed by atoms with Gasteiger partial charge in [0.15, 0.2) is 0 Å². The number of aryl methyl sites for hydroxylation is 2. The van der Waals surface area contributed by atoms with E-state index in [1.807, 2.05) is 0 Å². The molecule has 5 nitrogen and oxygen atoms in total. The van der Waals surface area contributed by atoms with Crippen LogP contribution in [0.2, 0.25) is 0 Å². The molecule has 0 spiro atoms. The average Bonchev–Trinajstić information content (AvgIpc) is 2.46. The van der Waals surface area contributed by atoms with Crippen molar-refractivity contribution in [1.29, 1.82) is 0 Å². The number of rotatable bonds is 6. The van der Waals surface area contributed by atoms with Crippen LogP contribution in [0.25, 0.3) is 0 Å². The Morgan fingerprint density at radius 2 is 1.85 bits per heavy atom. The van der Waals surface area contributed by atoms with Crippen LogP contribution in [-0.4, -0.2) is 43.4 Å². The molecule has 1 N–H and O–H groups in total. The highest BCUT2D eigenvalue weighted by molar-refractivity contribution is 5.25. The first-order chi connectivity index (χ1) is 9.72. The van der Waals surface area contributed by atoms with Gasteiger partial charge in [0.05, 0.1) is 6.61 Å². The Bertz CT molecular complexity index is 408. The van der Waals surface area contributed by atoms with Crippen LogP contribution in [0.3, 0.4) is 0 Å². The molecule has 5 heteroatoms. The van der Waals surface area contributed by atoms with Gasteiger partial charge in [-0.3, -0.25) is 0 Å². The fraction of sp³-hybridized carbons (Fsp3) is 0.733. The topological polar surface area (TPSA) is 56.3 Å². The first-order valence-electron chi connectivity index (χ1n) is 7.33. The zero-order valence-corrected chi connectivity index (χ0v) is 12.7. The van der Waals surface area contributed by atoms with Crippen molar-refractivity contribution in [2.75, 3.05) is 33.5 Å². The molecule has 0 saturated carbocycles. The van der Waals surface area contributed by atoms with Crippen LogP contribution in [0.15, 0.2) is 0 Å². The first kappa shape index (κ1) is 15.4. The lowest BCUT2D eigenvalue weighted by molar-refractivity contribution is 0.0835. The first-order valence-corrected chi connectivity index (χ1v) is 7.33. The Kier molecular flexibility index (Phi) is 5.88. The maximum atomic E-state index is 5.40. The molecule has 1 fully saturated rings. The fourth-order valence-corrected chi connectivity index (χ4v) is 2.55. The average molecular weight is 279 g/mol. The van der Waals surface area contributed by atoms with Gasteiger partial charge in [-0.15, -0.1) is 0 Å². The van der Waals surface area contributed by atoms with E-state index >= 15 is 0 Å². The van der Waals surface area contributed by atoms with E-state index in [2.05, 4.69) is 19.2 Å². The lowest BCUT2D eigenvalue weighted by Gasteiger charge is -2.22. The van der Waals surface area contributed by atoms with E-state index in [1.165, 1.54) is 5.56 Å². The number of nitrogens with one attached hydrogen (secondary N) is 1. The summed E-state index contributed by atoms with van der Waals surface area (Å²) in [6.45, 7) is 8.17. The second-order valence-corrected chi connectivity index (χ2v) is 5.29. The van der Waals surface area contributed by atoms with Crippen molar-refractivity contribution in [2.24, 2.45) is 0 Å². The van der Waals surface area contributed by atoms with Gasteiger partial charge < -0.3 is 14.8 Å². The van der Waals surface area contributed by atoms with Gasteiger partial charge in [-0.25, -0.2) is 9.97 Å². The Balaban J connectivity index is 2.03. The minimum Gasteiger partial charge on any atom is -0.383 e. The van der Waals surface area contributed by atoms with E-state index in [0.717, 1.165) is 63.0 Å². The molecule has 1 aliphatic heterocycles. The van der Waals surface area contributed by atoms with Gasteiger partial charge in [-0.1, -0.05) is 0 Å². The number of nitrogens with zero attached hydrogens (tertiary/aromatic N) is 2. The summed E-state index contributed by atoms with van der Waals surface area (Å²) >= 11 is 0. The lowest BCUT2D eigenvalue weighted by atomic mass is 9.98. The van der Waals surface area contributed by atoms with Gasteiger partial charge >= 0.3 is 0 Å². The van der Waals surface area contributed by atoms with Crippen molar-refractivity contribution >= 4 is 0 Å². The zero-order chi connectivity index (χ0) is 14.4. The predicted molar refractivity (Wildman–Crippen MR) is 77.9 cm³/mol. The Morgan fingerprint density at radius 1 is 1.20 bits per heavy atom. The van der Waals surface area contributed by atoms with Crippen LogP contribution in [0.5, 0.6) is 0 Å². The highest BCUT2D eigenvalue weighted by Crippen LogP contribution is 2.25. The van der Waals surface area contributed by atoms with Gasteiger partial charge in [0, 0.05) is 56.3 Å². The predicted octanol–water partition coefficient (Wildman–Crippen LogP) is 1.72. The summed E-state index contributed by atoms with van der Waals surface area (Å²) in [5.74, 6) is 1.44. The Hall–Kier alpha value is -1.04. The molecule has 1 aromatic rings. The maximum Gasteiger partial charge on any atom is 0.132 e. The van der Waals surface area contributed by atoms with Gasteiger partial charge in [0.25, 0.3) is 0 Å². The summed E-state index contributed by atoms with van der Waals surface area (Å²) in [5, 5.41) is 3.36. The van der Waals surface area contributed by atoms with Gasteiger partial charge in [-0.05, 0) is 26.7 Å². The molecule has 20 heavy (non-hydrogen) atoms. The molecular weight excluding hydrogens is 254 g/mol. The highest BCUT2D eigenvalue weighted by atomic mass is 16.5.